The molecule has 0 bridgehead atoms. The van der Waals surface area contributed by atoms with Crippen LogP contribution in [0.5, 0.6) is 0 Å². The normalized spacial score (nSPS) is 16.2. The fourth-order valence-electron chi connectivity index (χ4n) is 2.87. The first-order chi connectivity index (χ1) is 12.4. The van der Waals surface area contributed by atoms with Crippen molar-refractivity contribution < 1.29 is 17.6 Å². The Morgan fingerprint density at radius 2 is 1.62 bits per heavy atom. The second-order valence-electron chi connectivity index (χ2n) is 6.10. The van der Waals surface area contributed by atoms with Crippen molar-refractivity contribution in [3.05, 3.63) is 60.4 Å². The fourth-order valence-corrected chi connectivity index (χ4v) is 4.34. The summed E-state index contributed by atoms with van der Waals surface area (Å²) in [6, 6.07) is 13.5. The molecule has 2 N–H and O–H groups in total. The number of rotatable bonds is 4. The average molecular weight is 377 g/mol. The van der Waals surface area contributed by atoms with E-state index < -0.39 is 15.8 Å². The molecule has 0 aromatic heterocycles. The molecule has 1 aliphatic rings. The fraction of sp³-hybridized carbons (Fsp3) is 0.278. The minimum absolute atomic E-state index is 0.0760. The number of nitrogens with one attached hydrogen (secondary N) is 2. The van der Waals surface area contributed by atoms with Crippen LogP contribution < -0.4 is 10.6 Å². The quantitative estimate of drug-likeness (QED) is 0.860. The van der Waals surface area contributed by atoms with Crippen LogP contribution >= 0.6 is 0 Å². The van der Waals surface area contributed by atoms with Crippen molar-refractivity contribution in [3.8, 4) is 0 Å². The number of amides is 2. The van der Waals surface area contributed by atoms with E-state index in [-0.39, 0.29) is 17.0 Å². The third-order valence-electron chi connectivity index (χ3n) is 4.27. The van der Waals surface area contributed by atoms with Gasteiger partial charge in [-0.15, -0.1) is 0 Å². The largest absolute Gasteiger partial charge is 0.335 e. The van der Waals surface area contributed by atoms with Crippen LogP contribution in [0, 0.1) is 5.82 Å². The summed E-state index contributed by atoms with van der Waals surface area (Å²) in [5.41, 5.74) is 0.696. The molecule has 0 spiro atoms. The zero-order valence-corrected chi connectivity index (χ0v) is 14.9. The molecule has 0 aliphatic carbocycles. The van der Waals surface area contributed by atoms with Crippen LogP contribution in [0.25, 0.3) is 0 Å². The van der Waals surface area contributed by atoms with Crippen molar-refractivity contribution in [2.75, 3.05) is 18.4 Å². The summed E-state index contributed by atoms with van der Waals surface area (Å²) in [6.45, 7) is 0.603. The number of urea groups is 1. The monoisotopic (exact) mass is 377 g/mol. The highest BCUT2D eigenvalue weighted by molar-refractivity contribution is 7.89. The van der Waals surface area contributed by atoms with Crippen LogP contribution in [-0.2, 0) is 10.0 Å². The van der Waals surface area contributed by atoms with E-state index in [1.807, 2.05) is 18.2 Å². The number of nitrogens with zero attached hydrogens (tertiary/aromatic N) is 1. The Balaban J connectivity index is 1.54. The van der Waals surface area contributed by atoms with Gasteiger partial charge >= 0.3 is 6.03 Å². The molecule has 6 nitrogen and oxygen atoms in total. The van der Waals surface area contributed by atoms with Gasteiger partial charge in [0.1, 0.15) is 5.82 Å². The lowest BCUT2D eigenvalue weighted by Gasteiger charge is -2.31. The second kappa shape index (κ2) is 7.84. The van der Waals surface area contributed by atoms with E-state index in [4.69, 9.17) is 0 Å². The summed E-state index contributed by atoms with van der Waals surface area (Å²) in [4.78, 5) is 12.1. The number of hydrogen-bond acceptors (Lipinski definition) is 3. The Labute approximate surface area is 152 Å². The van der Waals surface area contributed by atoms with Gasteiger partial charge in [0.05, 0.1) is 4.90 Å². The Kier molecular flexibility index (Phi) is 5.53. The number of piperidine rings is 1. The van der Waals surface area contributed by atoms with Gasteiger partial charge in [-0.1, -0.05) is 18.2 Å². The van der Waals surface area contributed by atoms with Crippen molar-refractivity contribution >= 4 is 21.7 Å². The molecule has 0 atom stereocenters. The van der Waals surface area contributed by atoms with E-state index in [9.17, 15) is 17.6 Å². The van der Waals surface area contributed by atoms with E-state index in [2.05, 4.69) is 10.6 Å². The van der Waals surface area contributed by atoms with Gasteiger partial charge < -0.3 is 10.6 Å². The molecule has 2 amide bonds. The molecular formula is C18H20FN3O3S. The van der Waals surface area contributed by atoms with E-state index in [0.717, 1.165) is 12.1 Å². The molecule has 1 fully saturated rings. The first-order valence-electron chi connectivity index (χ1n) is 8.33. The molecule has 8 heteroatoms. The molecule has 1 aliphatic heterocycles. The van der Waals surface area contributed by atoms with E-state index in [1.165, 1.54) is 16.4 Å². The van der Waals surface area contributed by atoms with Crippen LogP contribution in [0.1, 0.15) is 12.8 Å². The number of hydrogen-bond donors (Lipinski definition) is 2. The van der Waals surface area contributed by atoms with Crippen molar-refractivity contribution in [1.29, 1.82) is 0 Å². The van der Waals surface area contributed by atoms with Gasteiger partial charge in [-0.05, 0) is 49.2 Å². The van der Waals surface area contributed by atoms with Crippen LogP contribution in [0.4, 0.5) is 14.9 Å². The minimum Gasteiger partial charge on any atom is -0.335 e. The maximum atomic E-state index is 13.0. The van der Waals surface area contributed by atoms with Crippen molar-refractivity contribution in [2.24, 2.45) is 0 Å². The molecular weight excluding hydrogens is 357 g/mol. The lowest BCUT2D eigenvalue weighted by molar-refractivity contribution is 0.238. The van der Waals surface area contributed by atoms with Crippen LogP contribution in [0.2, 0.25) is 0 Å². The summed E-state index contributed by atoms with van der Waals surface area (Å²) in [5, 5.41) is 5.61. The van der Waals surface area contributed by atoms with Gasteiger partial charge in [-0.2, -0.15) is 4.31 Å². The Hall–Kier alpha value is -2.45. The van der Waals surface area contributed by atoms with Gasteiger partial charge in [0.15, 0.2) is 0 Å². The number of carbonyl (C=O) groups is 1. The predicted molar refractivity (Wildman–Crippen MR) is 96.8 cm³/mol. The molecule has 1 saturated heterocycles. The van der Waals surface area contributed by atoms with Gasteiger partial charge in [0, 0.05) is 24.8 Å². The Morgan fingerprint density at radius 3 is 2.23 bits per heavy atom. The van der Waals surface area contributed by atoms with Crippen molar-refractivity contribution in [2.45, 2.75) is 23.8 Å². The van der Waals surface area contributed by atoms with E-state index >= 15 is 0 Å². The number of sulfonamides is 1. The summed E-state index contributed by atoms with van der Waals surface area (Å²) in [6.07, 6.45) is 1.03. The van der Waals surface area contributed by atoms with Crippen molar-refractivity contribution in [1.82, 2.24) is 9.62 Å². The lowest BCUT2D eigenvalue weighted by Crippen LogP contribution is -2.47. The summed E-state index contributed by atoms with van der Waals surface area (Å²) < 4.78 is 39.5. The van der Waals surface area contributed by atoms with Gasteiger partial charge in [0.25, 0.3) is 0 Å². The van der Waals surface area contributed by atoms with Crippen molar-refractivity contribution in [3.63, 3.8) is 0 Å². The molecule has 26 heavy (non-hydrogen) atoms. The topological polar surface area (TPSA) is 78.5 Å². The smallest absolute Gasteiger partial charge is 0.319 e. The Bertz CT molecular complexity index is 849. The first kappa shape index (κ1) is 18.3. The minimum atomic E-state index is -3.64. The molecule has 2 aromatic carbocycles. The number of carbonyl (C=O) groups excluding carboxylic acids is 1. The van der Waals surface area contributed by atoms with Gasteiger partial charge in [-0.25, -0.2) is 17.6 Å². The number of anilines is 1. The summed E-state index contributed by atoms with van der Waals surface area (Å²) >= 11 is 0. The number of benzene rings is 2. The molecule has 0 unspecified atom stereocenters. The van der Waals surface area contributed by atoms with E-state index in [0.29, 0.717) is 31.6 Å². The molecule has 2 aromatic rings. The maximum absolute atomic E-state index is 13.0. The molecule has 0 radical (unpaired) electrons. The molecule has 1 heterocycles. The summed E-state index contributed by atoms with van der Waals surface area (Å²) in [7, 11) is -3.64. The van der Waals surface area contributed by atoms with Gasteiger partial charge in [0.2, 0.25) is 10.0 Å². The van der Waals surface area contributed by atoms with Crippen LogP contribution in [0.3, 0.4) is 0 Å². The third kappa shape index (κ3) is 4.39. The molecule has 0 saturated carbocycles. The number of para-hydroxylation sites is 1. The highest BCUT2D eigenvalue weighted by atomic mass is 32.2. The lowest BCUT2D eigenvalue weighted by atomic mass is 10.1. The van der Waals surface area contributed by atoms with Crippen LogP contribution in [-0.4, -0.2) is 37.9 Å². The second-order valence-corrected chi connectivity index (χ2v) is 8.03. The molecule has 138 valence electrons. The maximum Gasteiger partial charge on any atom is 0.319 e. The third-order valence-corrected chi connectivity index (χ3v) is 6.19. The predicted octanol–water partition coefficient (Wildman–Crippen LogP) is 2.80. The zero-order chi connectivity index (χ0) is 18.6. The Morgan fingerprint density at radius 1 is 1.00 bits per heavy atom. The highest BCUT2D eigenvalue weighted by Gasteiger charge is 2.29. The average Bonchev–Trinajstić information content (AvgIpc) is 2.63. The van der Waals surface area contributed by atoms with Crippen LogP contribution in [0.15, 0.2) is 59.5 Å². The standard InChI is InChI=1S/C18H20FN3O3S/c19-14-6-8-17(9-7-14)26(24,25)22-12-10-16(11-13-22)21-18(23)20-15-4-2-1-3-5-15/h1-9,16H,10-13H2,(H2,20,21,23). The molecule has 3 rings (SSSR count). The first-order valence-corrected chi connectivity index (χ1v) is 9.77. The number of halogens is 1. The van der Waals surface area contributed by atoms with E-state index in [1.54, 1.807) is 12.1 Å². The zero-order valence-electron chi connectivity index (χ0n) is 14.1. The SMILES string of the molecule is O=C(Nc1ccccc1)NC1CCN(S(=O)(=O)c2ccc(F)cc2)CC1. The highest BCUT2D eigenvalue weighted by Crippen LogP contribution is 2.21. The van der Waals surface area contributed by atoms with Gasteiger partial charge in [-0.3, -0.25) is 0 Å². The summed E-state index contributed by atoms with van der Waals surface area (Å²) in [5.74, 6) is -0.476.